The molecule has 4 nitrogen and oxygen atoms in total. The molecule has 0 bridgehead atoms. The van der Waals surface area contributed by atoms with E-state index in [4.69, 9.17) is 33.7 Å². The van der Waals surface area contributed by atoms with Crippen LogP contribution in [0.5, 0.6) is 5.75 Å². The van der Waals surface area contributed by atoms with Crippen molar-refractivity contribution < 1.29 is 9.53 Å². The fourth-order valence-corrected chi connectivity index (χ4v) is 2.33. The lowest BCUT2D eigenvalue weighted by Gasteiger charge is -2.15. The molecule has 0 saturated carbocycles. The first kappa shape index (κ1) is 16.5. The number of nitrogen functional groups attached to an aromatic ring is 1. The summed E-state index contributed by atoms with van der Waals surface area (Å²) in [6, 6.07) is 10.6. The summed E-state index contributed by atoms with van der Waals surface area (Å²) < 4.78 is 5.61. The minimum absolute atomic E-state index is 0.283. The van der Waals surface area contributed by atoms with Crippen molar-refractivity contribution in [2.24, 2.45) is 0 Å². The monoisotopic (exact) mass is 338 g/mol. The molecule has 116 valence electrons. The fraction of sp³-hybridized carbons (Fsp3) is 0.188. The zero-order valence-corrected chi connectivity index (χ0v) is 13.7. The first-order chi connectivity index (χ1) is 10.4. The predicted molar refractivity (Wildman–Crippen MR) is 90.8 cm³/mol. The Morgan fingerprint density at radius 1 is 1.23 bits per heavy atom. The minimum atomic E-state index is -0.670. The fourth-order valence-electron chi connectivity index (χ4n) is 1.85. The van der Waals surface area contributed by atoms with E-state index in [9.17, 15) is 4.79 Å². The van der Waals surface area contributed by atoms with Crippen molar-refractivity contribution in [3.8, 4) is 5.75 Å². The molecule has 0 fully saturated rings. The molecular formula is C16H16Cl2N2O2. The Hall–Kier alpha value is -1.91. The third kappa shape index (κ3) is 4.06. The molecule has 1 amide bonds. The summed E-state index contributed by atoms with van der Waals surface area (Å²) in [6.45, 7) is 3.62. The van der Waals surface area contributed by atoms with Gasteiger partial charge in [0, 0.05) is 5.69 Å². The normalized spacial score (nSPS) is 11.8. The molecular weight excluding hydrogens is 323 g/mol. The SMILES string of the molecule is Cc1cccc(OC(C)C(=O)Nc2cc(Cl)c(N)c(Cl)c2)c1. The molecule has 0 heterocycles. The highest BCUT2D eigenvalue weighted by Gasteiger charge is 2.16. The van der Waals surface area contributed by atoms with E-state index in [0.29, 0.717) is 11.4 Å². The first-order valence-electron chi connectivity index (χ1n) is 6.65. The Kier molecular flexibility index (Phi) is 5.16. The van der Waals surface area contributed by atoms with Gasteiger partial charge in [-0.3, -0.25) is 4.79 Å². The number of anilines is 2. The van der Waals surface area contributed by atoms with E-state index >= 15 is 0 Å². The van der Waals surface area contributed by atoms with Gasteiger partial charge in [0.05, 0.1) is 15.7 Å². The molecule has 22 heavy (non-hydrogen) atoms. The average molecular weight is 339 g/mol. The summed E-state index contributed by atoms with van der Waals surface area (Å²) in [6.07, 6.45) is -0.670. The number of carbonyl (C=O) groups excluding carboxylic acids is 1. The second-order valence-corrected chi connectivity index (χ2v) is 5.73. The number of hydrogen-bond acceptors (Lipinski definition) is 3. The van der Waals surface area contributed by atoms with Crippen LogP contribution in [0.4, 0.5) is 11.4 Å². The van der Waals surface area contributed by atoms with Crippen molar-refractivity contribution in [3.05, 3.63) is 52.0 Å². The lowest BCUT2D eigenvalue weighted by molar-refractivity contribution is -0.122. The second-order valence-electron chi connectivity index (χ2n) is 4.92. The van der Waals surface area contributed by atoms with Gasteiger partial charge < -0.3 is 15.8 Å². The summed E-state index contributed by atoms with van der Waals surface area (Å²) in [7, 11) is 0. The van der Waals surface area contributed by atoms with E-state index in [1.165, 1.54) is 0 Å². The summed E-state index contributed by atoms with van der Waals surface area (Å²) in [5.41, 5.74) is 7.46. The number of carbonyl (C=O) groups is 1. The van der Waals surface area contributed by atoms with Gasteiger partial charge in [-0.25, -0.2) is 0 Å². The van der Waals surface area contributed by atoms with Gasteiger partial charge in [0.25, 0.3) is 5.91 Å². The van der Waals surface area contributed by atoms with Crippen molar-refractivity contribution in [1.29, 1.82) is 0 Å². The molecule has 1 unspecified atom stereocenters. The van der Waals surface area contributed by atoms with Gasteiger partial charge >= 0.3 is 0 Å². The Morgan fingerprint density at radius 3 is 2.45 bits per heavy atom. The molecule has 0 spiro atoms. The van der Waals surface area contributed by atoms with E-state index in [1.807, 2.05) is 25.1 Å². The first-order valence-corrected chi connectivity index (χ1v) is 7.41. The van der Waals surface area contributed by atoms with Crippen molar-refractivity contribution in [2.45, 2.75) is 20.0 Å². The van der Waals surface area contributed by atoms with E-state index in [-0.39, 0.29) is 21.6 Å². The molecule has 0 aliphatic heterocycles. The lowest BCUT2D eigenvalue weighted by atomic mass is 10.2. The molecule has 2 aromatic rings. The van der Waals surface area contributed by atoms with Crippen LogP contribution >= 0.6 is 23.2 Å². The Morgan fingerprint density at radius 2 is 1.86 bits per heavy atom. The van der Waals surface area contributed by atoms with Crippen LogP contribution in [0, 0.1) is 6.92 Å². The van der Waals surface area contributed by atoms with Crippen LogP contribution in [0.15, 0.2) is 36.4 Å². The number of hydrogen-bond donors (Lipinski definition) is 2. The van der Waals surface area contributed by atoms with Crippen molar-refractivity contribution in [1.82, 2.24) is 0 Å². The number of amides is 1. The van der Waals surface area contributed by atoms with Gasteiger partial charge in [-0.2, -0.15) is 0 Å². The van der Waals surface area contributed by atoms with Crippen LogP contribution < -0.4 is 15.8 Å². The molecule has 0 saturated heterocycles. The second kappa shape index (κ2) is 6.90. The number of ether oxygens (including phenoxy) is 1. The highest BCUT2D eigenvalue weighted by Crippen LogP contribution is 2.31. The number of nitrogens with two attached hydrogens (primary N) is 1. The van der Waals surface area contributed by atoms with E-state index in [0.717, 1.165) is 5.56 Å². The maximum atomic E-state index is 12.2. The van der Waals surface area contributed by atoms with E-state index in [2.05, 4.69) is 5.32 Å². The van der Waals surface area contributed by atoms with Crippen LogP contribution in [0.1, 0.15) is 12.5 Å². The number of nitrogens with one attached hydrogen (secondary N) is 1. The van der Waals surface area contributed by atoms with Gasteiger partial charge in [0.2, 0.25) is 0 Å². The molecule has 3 N–H and O–H groups in total. The number of aryl methyl sites for hydroxylation is 1. The van der Waals surface area contributed by atoms with Crippen molar-refractivity contribution in [2.75, 3.05) is 11.1 Å². The highest BCUT2D eigenvalue weighted by molar-refractivity contribution is 6.39. The maximum absolute atomic E-state index is 12.2. The third-order valence-electron chi connectivity index (χ3n) is 3.02. The zero-order chi connectivity index (χ0) is 16.3. The van der Waals surface area contributed by atoms with Gasteiger partial charge in [-0.15, -0.1) is 0 Å². The van der Waals surface area contributed by atoms with Crippen LogP contribution in [0.2, 0.25) is 10.0 Å². The predicted octanol–water partition coefficient (Wildman–Crippen LogP) is 4.29. The summed E-state index contributed by atoms with van der Waals surface area (Å²) in [5.74, 6) is 0.328. The molecule has 1 atom stereocenters. The molecule has 6 heteroatoms. The van der Waals surface area contributed by atoms with Gasteiger partial charge in [-0.05, 0) is 43.7 Å². The summed E-state index contributed by atoms with van der Waals surface area (Å²) >= 11 is 11.9. The number of halogens is 2. The van der Waals surface area contributed by atoms with Crippen molar-refractivity contribution >= 4 is 40.5 Å². The van der Waals surface area contributed by atoms with E-state index < -0.39 is 6.10 Å². The Labute approximate surface area is 139 Å². The molecule has 0 aromatic heterocycles. The number of benzene rings is 2. The summed E-state index contributed by atoms with van der Waals surface area (Å²) in [4.78, 5) is 12.2. The van der Waals surface area contributed by atoms with Crippen LogP contribution in [0.3, 0.4) is 0 Å². The third-order valence-corrected chi connectivity index (χ3v) is 3.64. The van der Waals surface area contributed by atoms with E-state index in [1.54, 1.807) is 25.1 Å². The molecule has 0 radical (unpaired) electrons. The lowest BCUT2D eigenvalue weighted by Crippen LogP contribution is -2.30. The zero-order valence-electron chi connectivity index (χ0n) is 12.2. The van der Waals surface area contributed by atoms with Crippen LogP contribution in [-0.4, -0.2) is 12.0 Å². The Balaban J connectivity index is 2.05. The quantitative estimate of drug-likeness (QED) is 0.817. The summed E-state index contributed by atoms with van der Waals surface area (Å²) in [5, 5.41) is 3.27. The van der Waals surface area contributed by atoms with Crippen molar-refractivity contribution in [3.63, 3.8) is 0 Å². The van der Waals surface area contributed by atoms with Gasteiger partial charge in [-0.1, -0.05) is 35.3 Å². The van der Waals surface area contributed by atoms with Gasteiger partial charge in [0.15, 0.2) is 6.10 Å². The smallest absolute Gasteiger partial charge is 0.265 e. The highest BCUT2D eigenvalue weighted by atomic mass is 35.5. The van der Waals surface area contributed by atoms with Crippen LogP contribution in [-0.2, 0) is 4.79 Å². The molecule has 0 aliphatic rings. The Bertz CT molecular complexity index is 681. The van der Waals surface area contributed by atoms with Gasteiger partial charge in [0.1, 0.15) is 5.75 Å². The van der Waals surface area contributed by atoms with Crippen LogP contribution in [0.25, 0.3) is 0 Å². The topological polar surface area (TPSA) is 64.3 Å². The number of rotatable bonds is 4. The molecule has 2 rings (SSSR count). The minimum Gasteiger partial charge on any atom is -0.481 e. The molecule has 2 aromatic carbocycles. The average Bonchev–Trinajstić information content (AvgIpc) is 2.44. The maximum Gasteiger partial charge on any atom is 0.265 e. The standard InChI is InChI=1S/C16H16Cl2N2O2/c1-9-4-3-5-12(6-9)22-10(2)16(21)20-11-7-13(17)15(19)14(18)8-11/h3-8,10H,19H2,1-2H3,(H,20,21). The molecule has 0 aliphatic carbocycles. The largest absolute Gasteiger partial charge is 0.481 e.